The maximum absolute atomic E-state index is 12.8. The van der Waals surface area contributed by atoms with Gasteiger partial charge in [0.15, 0.2) is 0 Å². The fourth-order valence-corrected chi connectivity index (χ4v) is 2.87. The number of carbonyl (C=O) groups is 3. The third kappa shape index (κ3) is 4.57. The SMILES string of the molecule is CN1CC(NC(=O)CN2CCC(=O)NC2=O)CCC1C(F)(F)F. The first-order valence-corrected chi connectivity index (χ1v) is 7.32. The predicted octanol–water partition coefficient (Wildman–Crippen LogP) is 0.0696. The fraction of sp³-hybridized carbons (Fsp3) is 0.769. The van der Waals surface area contributed by atoms with Gasteiger partial charge in [0.05, 0.1) is 0 Å². The molecule has 130 valence electrons. The van der Waals surface area contributed by atoms with Crippen LogP contribution >= 0.6 is 0 Å². The van der Waals surface area contributed by atoms with E-state index in [-0.39, 0.29) is 44.9 Å². The van der Waals surface area contributed by atoms with Gasteiger partial charge in [-0.05, 0) is 19.9 Å². The summed E-state index contributed by atoms with van der Waals surface area (Å²) >= 11 is 0. The second-order valence-electron chi connectivity index (χ2n) is 5.86. The van der Waals surface area contributed by atoms with E-state index in [1.54, 1.807) is 0 Å². The molecule has 7 nitrogen and oxygen atoms in total. The zero-order valence-electron chi connectivity index (χ0n) is 12.7. The first-order valence-electron chi connectivity index (χ1n) is 7.32. The van der Waals surface area contributed by atoms with Gasteiger partial charge in [-0.25, -0.2) is 4.79 Å². The van der Waals surface area contributed by atoms with E-state index < -0.39 is 30.1 Å². The lowest BCUT2D eigenvalue weighted by Gasteiger charge is -2.38. The summed E-state index contributed by atoms with van der Waals surface area (Å²) in [5.74, 6) is -0.836. The second kappa shape index (κ2) is 6.73. The van der Waals surface area contributed by atoms with Crippen molar-refractivity contribution in [2.75, 3.05) is 26.7 Å². The summed E-state index contributed by atoms with van der Waals surface area (Å²) < 4.78 is 38.3. The number of hydrogen-bond acceptors (Lipinski definition) is 4. The first kappa shape index (κ1) is 17.5. The van der Waals surface area contributed by atoms with Crippen molar-refractivity contribution in [3.8, 4) is 0 Å². The number of likely N-dealkylation sites (N-methyl/N-ethyl adjacent to an activating group) is 1. The second-order valence-corrected chi connectivity index (χ2v) is 5.86. The predicted molar refractivity (Wildman–Crippen MR) is 73.4 cm³/mol. The Morgan fingerprint density at radius 1 is 1.35 bits per heavy atom. The number of hydrogen-bond donors (Lipinski definition) is 2. The van der Waals surface area contributed by atoms with Gasteiger partial charge < -0.3 is 10.2 Å². The van der Waals surface area contributed by atoms with E-state index in [1.165, 1.54) is 16.8 Å². The Morgan fingerprint density at radius 2 is 2.04 bits per heavy atom. The van der Waals surface area contributed by atoms with Crippen LogP contribution in [0, 0.1) is 0 Å². The average molecular weight is 336 g/mol. The molecule has 4 amide bonds. The molecule has 2 aliphatic heterocycles. The van der Waals surface area contributed by atoms with E-state index in [4.69, 9.17) is 0 Å². The Kier molecular flexibility index (Phi) is 5.12. The summed E-state index contributed by atoms with van der Waals surface area (Å²) in [6.07, 6.45) is -4.00. The van der Waals surface area contributed by atoms with Gasteiger partial charge in [0.25, 0.3) is 0 Å². The molecule has 2 rings (SSSR count). The maximum Gasteiger partial charge on any atom is 0.404 e. The van der Waals surface area contributed by atoms with Gasteiger partial charge >= 0.3 is 12.2 Å². The lowest BCUT2D eigenvalue weighted by atomic mass is 9.98. The van der Waals surface area contributed by atoms with E-state index in [0.29, 0.717) is 0 Å². The van der Waals surface area contributed by atoms with Gasteiger partial charge in [-0.3, -0.25) is 19.8 Å². The molecule has 0 bridgehead atoms. The molecule has 0 radical (unpaired) electrons. The number of urea groups is 1. The standard InChI is InChI=1S/C13H19F3N4O3/c1-19-6-8(2-3-9(19)13(14,15)16)17-11(22)7-20-5-4-10(21)18-12(20)23/h8-9H,2-7H2,1H3,(H,17,22)(H,18,21,23). The fourth-order valence-electron chi connectivity index (χ4n) is 2.87. The van der Waals surface area contributed by atoms with Crippen molar-refractivity contribution >= 4 is 17.8 Å². The van der Waals surface area contributed by atoms with Gasteiger partial charge in [-0.1, -0.05) is 0 Å². The minimum absolute atomic E-state index is 0.0797. The van der Waals surface area contributed by atoms with Crippen LogP contribution in [0.4, 0.5) is 18.0 Å². The van der Waals surface area contributed by atoms with E-state index in [9.17, 15) is 27.6 Å². The van der Waals surface area contributed by atoms with Crippen LogP contribution in [0.1, 0.15) is 19.3 Å². The third-order valence-corrected chi connectivity index (χ3v) is 4.05. The van der Waals surface area contributed by atoms with E-state index in [2.05, 4.69) is 10.6 Å². The lowest BCUT2D eigenvalue weighted by Crippen LogP contribution is -2.57. The minimum atomic E-state index is -4.28. The molecule has 0 saturated carbocycles. The van der Waals surface area contributed by atoms with Gasteiger partial charge in [-0.2, -0.15) is 13.2 Å². The topological polar surface area (TPSA) is 81.8 Å². The number of alkyl halides is 3. The molecular weight excluding hydrogens is 317 g/mol. The number of imide groups is 1. The van der Waals surface area contributed by atoms with Crippen molar-refractivity contribution in [1.29, 1.82) is 0 Å². The lowest BCUT2D eigenvalue weighted by molar-refractivity contribution is -0.188. The average Bonchev–Trinajstić information content (AvgIpc) is 2.40. The summed E-state index contributed by atoms with van der Waals surface area (Å²) in [5.41, 5.74) is 0. The molecule has 2 fully saturated rings. The molecular formula is C13H19F3N4O3. The van der Waals surface area contributed by atoms with E-state index >= 15 is 0 Å². The van der Waals surface area contributed by atoms with Crippen molar-refractivity contribution < 1.29 is 27.6 Å². The van der Waals surface area contributed by atoms with Gasteiger partial charge in [0.1, 0.15) is 12.6 Å². The molecule has 0 aromatic heterocycles. The number of amides is 4. The van der Waals surface area contributed by atoms with E-state index in [0.717, 1.165) is 0 Å². The molecule has 0 aromatic carbocycles. The Bertz CT molecular complexity index is 497. The number of rotatable bonds is 3. The number of halogens is 3. The summed E-state index contributed by atoms with van der Waals surface area (Å²) in [6, 6.07) is -2.51. The van der Waals surface area contributed by atoms with Crippen molar-refractivity contribution in [2.24, 2.45) is 0 Å². The molecule has 0 aromatic rings. The summed E-state index contributed by atoms with van der Waals surface area (Å²) in [4.78, 5) is 36.8. The largest absolute Gasteiger partial charge is 0.404 e. The van der Waals surface area contributed by atoms with Crippen LogP contribution in [0.2, 0.25) is 0 Å². The van der Waals surface area contributed by atoms with Crippen LogP contribution in [0.25, 0.3) is 0 Å². The molecule has 0 spiro atoms. The molecule has 0 aliphatic carbocycles. The third-order valence-electron chi connectivity index (χ3n) is 4.05. The summed E-state index contributed by atoms with van der Waals surface area (Å²) in [7, 11) is 1.38. The van der Waals surface area contributed by atoms with Crippen LogP contribution in [-0.2, 0) is 9.59 Å². The van der Waals surface area contributed by atoms with Crippen LogP contribution in [0.5, 0.6) is 0 Å². The van der Waals surface area contributed by atoms with Gasteiger partial charge in [0.2, 0.25) is 11.8 Å². The maximum atomic E-state index is 12.8. The smallest absolute Gasteiger partial charge is 0.351 e. The number of carbonyl (C=O) groups excluding carboxylic acids is 3. The minimum Gasteiger partial charge on any atom is -0.351 e. The highest BCUT2D eigenvalue weighted by molar-refractivity contribution is 5.98. The van der Waals surface area contributed by atoms with Crippen molar-refractivity contribution in [1.82, 2.24) is 20.4 Å². The molecule has 2 N–H and O–H groups in total. The van der Waals surface area contributed by atoms with Gasteiger partial charge in [0, 0.05) is 25.6 Å². The number of nitrogens with zero attached hydrogens (tertiary/aromatic N) is 2. The molecule has 2 aliphatic rings. The highest BCUT2D eigenvalue weighted by atomic mass is 19.4. The molecule has 23 heavy (non-hydrogen) atoms. The Hall–Kier alpha value is -1.84. The summed E-state index contributed by atoms with van der Waals surface area (Å²) in [5, 5.41) is 4.75. The zero-order chi connectivity index (χ0) is 17.2. The Morgan fingerprint density at radius 3 is 2.61 bits per heavy atom. The number of piperidine rings is 1. The van der Waals surface area contributed by atoms with Crippen LogP contribution < -0.4 is 10.6 Å². The molecule has 2 unspecified atom stereocenters. The van der Waals surface area contributed by atoms with Crippen molar-refractivity contribution in [3.63, 3.8) is 0 Å². The van der Waals surface area contributed by atoms with Gasteiger partial charge in [-0.15, -0.1) is 0 Å². The first-order chi connectivity index (χ1) is 10.7. The Balaban J connectivity index is 1.80. The monoisotopic (exact) mass is 336 g/mol. The normalized spacial score (nSPS) is 26.9. The molecule has 2 heterocycles. The van der Waals surface area contributed by atoms with E-state index in [1.807, 2.05) is 0 Å². The number of likely N-dealkylation sites (tertiary alicyclic amines) is 1. The van der Waals surface area contributed by atoms with Crippen LogP contribution in [0.15, 0.2) is 0 Å². The molecule has 2 saturated heterocycles. The Labute approximate surface area is 131 Å². The van der Waals surface area contributed by atoms with Crippen molar-refractivity contribution in [3.05, 3.63) is 0 Å². The molecule has 10 heteroatoms. The quantitative estimate of drug-likeness (QED) is 0.764. The van der Waals surface area contributed by atoms with Crippen molar-refractivity contribution in [2.45, 2.75) is 37.5 Å². The number of nitrogens with one attached hydrogen (secondary N) is 2. The van der Waals surface area contributed by atoms with Crippen LogP contribution in [0.3, 0.4) is 0 Å². The van der Waals surface area contributed by atoms with Crippen LogP contribution in [-0.4, -0.2) is 72.6 Å². The molecule has 2 atom stereocenters. The highest BCUT2D eigenvalue weighted by Gasteiger charge is 2.44. The highest BCUT2D eigenvalue weighted by Crippen LogP contribution is 2.30. The summed E-state index contributed by atoms with van der Waals surface area (Å²) in [6.45, 7) is 0.0292. The zero-order valence-corrected chi connectivity index (χ0v) is 12.7.